The van der Waals surface area contributed by atoms with Gasteiger partial charge in [0.1, 0.15) is 0 Å². The summed E-state index contributed by atoms with van der Waals surface area (Å²) in [6.07, 6.45) is 9.83. The van der Waals surface area contributed by atoms with E-state index < -0.39 is 18.4 Å². The molecule has 0 amide bonds. The van der Waals surface area contributed by atoms with Crippen molar-refractivity contribution in [3.63, 3.8) is 0 Å². The van der Waals surface area contributed by atoms with Crippen LogP contribution < -0.4 is 9.03 Å². The minimum absolute atomic E-state index is 0.991. The molecule has 1 N–H and O–H groups in total. The van der Waals surface area contributed by atoms with E-state index in [1.54, 1.807) is 6.33 Å². The Morgan fingerprint density at radius 2 is 1.43 bits per heavy atom. The average molecular weight is 398 g/mol. The van der Waals surface area contributed by atoms with Crippen molar-refractivity contribution >= 4 is 27.9 Å². The summed E-state index contributed by atoms with van der Waals surface area (Å²) in [6, 6.07) is 2.26. The van der Waals surface area contributed by atoms with Crippen LogP contribution in [0, 0.1) is 0 Å². The second-order valence-corrected chi connectivity index (χ2v) is 19.2. The average Bonchev–Trinajstić information content (AvgIpc) is 2.54. The Morgan fingerprint density at radius 3 is 1.86 bits per heavy atom. The zero-order valence-electron chi connectivity index (χ0n) is 14.4. The zero-order chi connectivity index (χ0) is 15.6. The van der Waals surface area contributed by atoms with Crippen LogP contribution >= 0.6 is 0 Å². The zero-order valence-corrected chi connectivity index (χ0v) is 17.3. The molecule has 0 bridgehead atoms. The van der Waals surface area contributed by atoms with Gasteiger partial charge in [0.25, 0.3) is 0 Å². The maximum absolute atomic E-state index is 4.76. The van der Waals surface area contributed by atoms with Crippen LogP contribution in [0.3, 0.4) is 0 Å². The van der Waals surface area contributed by atoms with Gasteiger partial charge in [0, 0.05) is 0 Å². The van der Waals surface area contributed by atoms with Gasteiger partial charge in [-0.2, -0.15) is 0 Å². The van der Waals surface area contributed by atoms with Gasteiger partial charge >= 0.3 is 135 Å². The number of anilines is 1. The molecule has 0 aliphatic rings. The van der Waals surface area contributed by atoms with Gasteiger partial charge < -0.3 is 0 Å². The Labute approximate surface area is 135 Å². The monoisotopic (exact) mass is 399 g/mol. The first-order valence-electron chi connectivity index (χ1n) is 8.72. The molecule has 1 aromatic rings. The van der Waals surface area contributed by atoms with Gasteiger partial charge in [-0.3, -0.25) is 0 Å². The van der Waals surface area contributed by atoms with Gasteiger partial charge in [0.05, 0.1) is 0 Å². The Hall–Kier alpha value is -0.321. The molecule has 0 fully saturated rings. The van der Waals surface area contributed by atoms with Crippen molar-refractivity contribution in [3.8, 4) is 0 Å². The first-order valence-corrected chi connectivity index (χ1v) is 16.2. The number of aromatic nitrogens is 2. The number of nitrogens with one attached hydrogen (secondary N) is 1. The molecule has 0 atom stereocenters. The quantitative estimate of drug-likeness (QED) is 0.555. The number of unbranched alkanes of at least 4 members (excludes halogenated alkanes) is 3. The van der Waals surface area contributed by atoms with Crippen LogP contribution in [0.5, 0.6) is 0 Å². The summed E-state index contributed by atoms with van der Waals surface area (Å²) >= 11 is -2.35. The van der Waals surface area contributed by atoms with Crippen LogP contribution in [-0.4, -0.2) is 35.4 Å². The minimum atomic E-state index is -2.35. The molecule has 0 saturated carbocycles. The number of nitrogens with zero attached hydrogens (tertiary/aromatic N) is 2. The Kier molecular flexibility index (Phi) is 9.29. The van der Waals surface area contributed by atoms with Gasteiger partial charge in [-0.25, -0.2) is 0 Å². The van der Waals surface area contributed by atoms with E-state index in [2.05, 4.69) is 37.1 Å². The van der Waals surface area contributed by atoms with Crippen molar-refractivity contribution in [1.29, 1.82) is 0 Å². The number of hydrogen-bond donors (Lipinski definition) is 1. The van der Waals surface area contributed by atoms with Crippen LogP contribution in [0.25, 0.3) is 0 Å². The van der Waals surface area contributed by atoms with Crippen molar-refractivity contribution in [2.24, 2.45) is 0 Å². The summed E-state index contributed by atoms with van der Waals surface area (Å²) in [5.41, 5.74) is 0. The molecule has 4 heteroatoms. The normalized spacial score (nSPS) is 11.6. The Balaban J connectivity index is 3.09. The number of hydrogen-bond acceptors (Lipinski definition) is 3. The van der Waals surface area contributed by atoms with E-state index in [1.165, 1.54) is 55.5 Å². The predicted octanol–water partition coefficient (Wildman–Crippen LogP) is 4.57. The van der Waals surface area contributed by atoms with Crippen LogP contribution in [0.4, 0.5) is 5.82 Å². The maximum atomic E-state index is 4.76. The molecule has 1 heterocycles. The summed E-state index contributed by atoms with van der Waals surface area (Å²) in [5, 5.41) is 3.19. The fourth-order valence-corrected chi connectivity index (χ4v) is 18.5. The fourth-order valence-electron chi connectivity index (χ4n) is 3.09. The molecule has 0 spiro atoms. The van der Waals surface area contributed by atoms with Crippen LogP contribution in [-0.2, 0) is 0 Å². The van der Waals surface area contributed by atoms with Crippen molar-refractivity contribution in [1.82, 2.24) is 9.97 Å². The van der Waals surface area contributed by atoms with Crippen molar-refractivity contribution in [2.75, 3.05) is 12.4 Å². The fraction of sp³-hybridized carbons (Fsp3) is 0.765. The molecule has 1 aromatic heterocycles. The van der Waals surface area contributed by atoms with Gasteiger partial charge in [0.2, 0.25) is 0 Å². The standard InChI is InChI=1S/C5H6N3.3C4H9.Sn/c1-6-5-2-3-7-4-8-5;3*1-3-4-2;/h2,4H,1H3,(H,6,7,8);3*1,3-4H2,2H3;. The molecule has 120 valence electrons. The van der Waals surface area contributed by atoms with E-state index >= 15 is 0 Å². The number of rotatable bonds is 11. The summed E-state index contributed by atoms with van der Waals surface area (Å²) in [5.74, 6) is 0.991. The third-order valence-electron chi connectivity index (χ3n) is 4.49. The molecule has 0 radical (unpaired) electrons. The molecule has 0 aromatic carbocycles. The molecular formula is C17H33N3Sn. The second-order valence-electron chi connectivity index (χ2n) is 6.13. The molecule has 0 aliphatic carbocycles. The van der Waals surface area contributed by atoms with E-state index in [1.807, 2.05) is 7.05 Å². The van der Waals surface area contributed by atoms with Crippen LogP contribution in [0.1, 0.15) is 59.3 Å². The third kappa shape index (κ3) is 5.76. The predicted molar refractivity (Wildman–Crippen MR) is 96.1 cm³/mol. The van der Waals surface area contributed by atoms with Gasteiger partial charge in [-0.05, 0) is 0 Å². The first kappa shape index (κ1) is 18.7. The van der Waals surface area contributed by atoms with Crippen molar-refractivity contribution < 1.29 is 0 Å². The molecule has 21 heavy (non-hydrogen) atoms. The van der Waals surface area contributed by atoms with E-state index in [9.17, 15) is 0 Å². The SMILES string of the molecule is CCC[CH2][Sn]([CH2]CCC)([CH2]CCC)[c]1cc(NC)ncn1. The topological polar surface area (TPSA) is 37.8 Å². The third-order valence-corrected chi connectivity index (χ3v) is 19.6. The van der Waals surface area contributed by atoms with E-state index in [0.717, 1.165) is 5.82 Å². The van der Waals surface area contributed by atoms with Gasteiger partial charge in [-0.15, -0.1) is 0 Å². The summed E-state index contributed by atoms with van der Waals surface area (Å²) < 4.78 is 5.85. The summed E-state index contributed by atoms with van der Waals surface area (Å²) in [4.78, 5) is 9.08. The van der Waals surface area contributed by atoms with Crippen molar-refractivity contribution in [2.45, 2.75) is 72.6 Å². The van der Waals surface area contributed by atoms with Crippen LogP contribution in [0.15, 0.2) is 12.4 Å². The Morgan fingerprint density at radius 1 is 0.905 bits per heavy atom. The van der Waals surface area contributed by atoms with Crippen molar-refractivity contribution in [3.05, 3.63) is 12.4 Å². The van der Waals surface area contributed by atoms with E-state index in [-0.39, 0.29) is 0 Å². The first-order chi connectivity index (χ1) is 10.2. The van der Waals surface area contributed by atoms with Gasteiger partial charge in [-0.1, -0.05) is 0 Å². The second kappa shape index (κ2) is 10.4. The Bertz CT molecular complexity index is 374. The summed E-state index contributed by atoms with van der Waals surface area (Å²) in [6.45, 7) is 6.94. The van der Waals surface area contributed by atoms with E-state index in [0.29, 0.717) is 0 Å². The van der Waals surface area contributed by atoms with E-state index in [4.69, 9.17) is 4.98 Å². The molecule has 0 aliphatic heterocycles. The summed E-state index contributed by atoms with van der Waals surface area (Å²) in [7, 11) is 1.95. The molecule has 0 unspecified atom stereocenters. The molecular weight excluding hydrogens is 365 g/mol. The van der Waals surface area contributed by atoms with Crippen LogP contribution in [0.2, 0.25) is 13.3 Å². The molecule has 1 rings (SSSR count). The molecule has 3 nitrogen and oxygen atoms in total. The molecule has 0 saturated heterocycles. The van der Waals surface area contributed by atoms with Gasteiger partial charge in [0.15, 0.2) is 0 Å².